The van der Waals surface area contributed by atoms with E-state index in [2.05, 4.69) is 15.5 Å². The summed E-state index contributed by atoms with van der Waals surface area (Å²) in [6.07, 6.45) is 0. The first-order valence-corrected chi connectivity index (χ1v) is 10.8. The number of hydrogen-bond acceptors (Lipinski definition) is 6. The molecule has 28 heavy (non-hydrogen) atoms. The van der Waals surface area contributed by atoms with Crippen molar-refractivity contribution < 1.29 is 13.2 Å². The number of nitrogens with zero attached hydrogens (tertiary/aromatic N) is 3. The predicted octanol–water partition coefficient (Wildman–Crippen LogP) is 2.26. The first kappa shape index (κ1) is 20.1. The molecule has 146 valence electrons. The lowest BCUT2D eigenvalue weighted by Gasteiger charge is -2.11. The first-order valence-electron chi connectivity index (χ1n) is 8.29. The lowest BCUT2D eigenvalue weighted by atomic mass is 10.2. The van der Waals surface area contributed by atoms with E-state index in [4.69, 9.17) is 5.14 Å². The van der Waals surface area contributed by atoms with Crippen LogP contribution in [-0.4, -0.2) is 34.8 Å². The zero-order chi connectivity index (χ0) is 20.3. The Morgan fingerprint density at radius 3 is 2.61 bits per heavy atom. The van der Waals surface area contributed by atoms with Gasteiger partial charge in [0.25, 0.3) is 0 Å². The second kappa shape index (κ2) is 8.13. The molecule has 3 N–H and O–H groups in total. The van der Waals surface area contributed by atoms with Gasteiger partial charge in [-0.15, -0.1) is 10.2 Å². The number of carbonyl (C=O) groups excluding carboxylic acids is 1. The number of anilines is 1. The highest BCUT2D eigenvalue weighted by molar-refractivity contribution is 7.99. The topological polar surface area (TPSA) is 120 Å². The van der Waals surface area contributed by atoms with Gasteiger partial charge in [0, 0.05) is 5.69 Å². The van der Waals surface area contributed by atoms with Crippen LogP contribution in [0, 0.1) is 13.8 Å². The van der Waals surface area contributed by atoms with E-state index >= 15 is 0 Å². The van der Waals surface area contributed by atoms with Crippen LogP contribution in [0.5, 0.6) is 0 Å². The summed E-state index contributed by atoms with van der Waals surface area (Å²) in [7, 11) is -3.83. The number of thioether (sulfide) groups is 1. The van der Waals surface area contributed by atoms with E-state index < -0.39 is 10.0 Å². The summed E-state index contributed by atoms with van der Waals surface area (Å²) in [5.41, 5.74) is 2.37. The molecule has 3 rings (SSSR count). The monoisotopic (exact) mass is 417 g/mol. The number of sulfonamides is 1. The zero-order valence-corrected chi connectivity index (χ0v) is 16.9. The lowest BCUT2D eigenvalue weighted by molar-refractivity contribution is -0.113. The van der Waals surface area contributed by atoms with Crippen LogP contribution in [0.4, 0.5) is 5.69 Å². The van der Waals surface area contributed by atoms with Gasteiger partial charge >= 0.3 is 0 Å². The summed E-state index contributed by atoms with van der Waals surface area (Å²) in [6, 6.07) is 13.6. The van der Waals surface area contributed by atoms with Crippen molar-refractivity contribution in [3.8, 4) is 5.69 Å². The minimum atomic E-state index is -3.83. The summed E-state index contributed by atoms with van der Waals surface area (Å²) in [4.78, 5) is 12.2. The van der Waals surface area contributed by atoms with Crippen molar-refractivity contribution in [1.29, 1.82) is 0 Å². The van der Waals surface area contributed by atoms with E-state index in [1.165, 1.54) is 30.0 Å². The molecule has 0 aliphatic rings. The molecule has 8 nitrogen and oxygen atoms in total. The largest absolute Gasteiger partial charge is 0.325 e. The molecule has 0 spiro atoms. The number of amides is 1. The maximum atomic E-state index is 12.3. The Bertz CT molecular complexity index is 1130. The quantitative estimate of drug-likeness (QED) is 0.594. The third-order valence-corrected chi connectivity index (χ3v) is 5.77. The summed E-state index contributed by atoms with van der Waals surface area (Å²) >= 11 is 1.24. The van der Waals surface area contributed by atoms with Crippen molar-refractivity contribution in [2.75, 3.05) is 11.1 Å². The third kappa shape index (κ3) is 4.58. The Hall–Kier alpha value is -2.69. The number of carbonyl (C=O) groups is 1. The van der Waals surface area contributed by atoms with E-state index in [0.29, 0.717) is 10.8 Å². The Kier molecular flexibility index (Phi) is 5.82. The average Bonchev–Trinajstić information content (AvgIpc) is 3.00. The second-order valence-electron chi connectivity index (χ2n) is 6.06. The molecule has 0 bridgehead atoms. The van der Waals surface area contributed by atoms with Crippen LogP contribution < -0.4 is 10.5 Å². The molecular weight excluding hydrogens is 398 g/mol. The van der Waals surface area contributed by atoms with Gasteiger partial charge < -0.3 is 5.32 Å². The number of primary sulfonamides is 1. The maximum absolute atomic E-state index is 12.3. The number of aryl methyl sites for hydroxylation is 2. The smallest absolute Gasteiger partial charge is 0.238 e. The molecule has 0 fully saturated rings. The van der Waals surface area contributed by atoms with Crippen LogP contribution in [0.3, 0.4) is 0 Å². The standard InChI is InChI=1S/C18H19N5O3S2/c1-12-6-3-4-9-16(12)23-13(2)21-22-18(23)27-11-17(24)20-14-7-5-8-15(10-14)28(19,25)26/h3-10H,11H2,1-2H3,(H,20,24)(H2,19,25,26). The van der Waals surface area contributed by atoms with E-state index in [9.17, 15) is 13.2 Å². The summed E-state index contributed by atoms with van der Waals surface area (Å²) < 4.78 is 24.8. The fourth-order valence-corrected chi connectivity index (χ4v) is 3.96. The molecule has 2 aromatic carbocycles. The SMILES string of the molecule is Cc1ccccc1-n1c(C)nnc1SCC(=O)Nc1cccc(S(N)(=O)=O)c1. The van der Waals surface area contributed by atoms with Crippen molar-refractivity contribution in [2.24, 2.45) is 5.14 Å². The normalized spacial score (nSPS) is 11.4. The number of benzene rings is 2. The third-order valence-electron chi connectivity index (χ3n) is 3.93. The summed E-state index contributed by atoms with van der Waals surface area (Å²) in [6.45, 7) is 3.84. The van der Waals surface area contributed by atoms with Crippen molar-refractivity contribution >= 4 is 33.4 Å². The molecule has 1 aromatic heterocycles. The van der Waals surface area contributed by atoms with Gasteiger partial charge in [-0.1, -0.05) is 36.0 Å². The van der Waals surface area contributed by atoms with Gasteiger partial charge in [0.2, 0.25) is 15.9 Å². The molecule has 1 amide bonds. The van der Waals surface area contributed by atoms with Crippen LogP contribution in [0.2, 0.25) is 0 Å². The molecule has 0 atom stereocenters. The number of rotatable bonds is 6. The number of aromatic nitrogens is 3. The van der Waals surface area contributed by atoms with Gasteiger partial charge in [0.1, 0.15) is 5.82 Å². The molecule has 3 aromatic rings. The zero-order valence-electron chi connectivity index (χ0n) is 15.3. The molecule has 1 heterocycles. The van der Waals surface area contributed by atoms with Crippen molar-refractivity contribution in [3.05, 3.63) is 59.9 Å². The van der Waals surface area contributed by atoms with Crippen molar-refractivity contribution in [1.82, 2.24) is 14.8 Å². The predicted molar refractivity (Wildman–Crippen MR) is 108 cm³/mol. The van der Waals surface area contributed by atoms with Crippen LogP contribution in [-0.2, 0) is 14.8 Å². The second-order valence-corrected chi connectivity index (χ2v) is 8.57. The van der Waals surface area contributed by atoms with Crippen LogP contribution in [0.25, 0.3) is 5.69 Å². The van der Waals surface area contributed by atoms with Crippen molar-refractivity contribution in [2.45, 2.75) is 23.9 Å². The molecule has 0 radical (unpaired) electrons. The molecule has 10 heteroatoms. The van der Waals surface area contributed by atoms with Crippen molar-refractivity contribution in [3.63, 3.8) is 0 Å². The summed E-state index contributed by atoms with van der Waals surface area (Å²) in [5, 5.41) is 16.7. The highest BCUT2D eigenvalue weighted by Crippen LogP contribution is 2.24. The molecular formula is C18H19N5O3S2. The Morgan fingerprint density at radius 2 is 1.89 bits per heavy atom. The van der Waals surface area contributed by atoms with Gasteiger partial charge in [-0.2, -0.15) is 0 Å². The van der Waals surface area contributed by atoms with Crippen LogP contribution >= 0.6 is 11.8 Å². The molecule has 0 aliphatic carbocycles. The van der Waals surface area contributed by atoms with Crippen LogP contribution in [0.15, 0.2) is 58.6 Å². The van der Waals surface area contributed by atoms with E-state index in [0.717, 1.165) is 17.1 Å². The summed E-state index contributed by atoms with van der Waals surface area (Å²) in [5.74, 6) is 0.510. The fourth-order valence-electron chi connectivity index (χ4n) is 2.61. The molecule has 0 aliphatic heterocycles. The highest BCUT2D eigenvalue weighted by Gasteiger charge is 2.15. The Balaban J connectivity index is 1.72. The number of para-hydroxylation sites is 1. The molecule has 0 saturated heterocycles. The van der Waals surface area contributed by atoms with Gasteiger partial charge in [0.15, 0.2) is 5.16 Å². The number of hydrogen-bond donors (Lipinski definition) is 2. The van der Waals surface area contributed by atoms with Gasteiger partial charge in [-0.25, -0.2) is 13.6 Å². The lowest BCUT2D eigenvalue weighted by Crippen LogP contribution is -2.16. The van der Waals surface area contributed by atoms with Gasteiger partial charge in [-0.3, -0.25) is 9.36 Å². The Morgan fingerprint density at radius 1 is 1.14 bits per heavy atom. The number of nitrogens with one attached hydrogen (secondary N) is 1. The van der Waals surface area contributed by atoms with Crippen LogP contribution in [0.1, 0.15) is 11.4 Å². The van der Waals surface area contributed by atoms with Gasteiger partial charge in [0.05, 0.1) is 16.3 Å². The molecule has 0 saturated carbocycles. The van der Waals surface area contributed by atoms with E-state index in [1.807, 2.05) is 42.7 Å². The first-order chi connectivity index (χ1) is 13.3. The average molecular weight is 418 g/mol. The van der Waals surface area contributed by atoms with E-state index in [1.54, 1.807) is 6.07 Å². The minimum absolute atomic E-state index is 0.0622. The Labute approximate surface area is 167 Å². The highest BCUT2D eigenvalue weighted by atomic mass is 32.2. The fraction of sp³-hybridized carbons (Fsp3) is 0.167. The number of nitrogens with two attached hydrogens (primary N) is 1. The van der Waals surface area contributed by atoms with E-state index in [-0.39, 0.29) is 16.6 Å². The minimum Gasteiger partial charge on any atom is -0.325 e. The maximum Gasteiger partial charge on any atom is 0.238 e. The van der Waals surface area contributed by atoms with Gasteiger partial charge in [-0.05, 0) is 43.7 Å². The molecule has 0 unspecified atom stereocenters.